The number of benzene rings is 2. The van der Waals surface area contributed by atoms with E-state index in [-0.39, 0.29) is 18.4 Å². The lowest BCUT2D eigenvalue weighted by atomic mass is 10.1. The van der Waals surface area contributed by atoms with Crippen LogP contribution in [-0.4, -0.2) is 37.4 Å². The van der Waals surface area contributed by atoms with Crippen LogP contribution in [0, 0.1) is 20.8 Å². The minimum absolute atomic E-state index is 0.107. The van der Waals surface area contributed by atoms with Gasteiger partial charge in [-0.1, -0.05) is 12.1 Å². The van der Waals surface area contributed by atoms with Crippen molar-refractivity contribution in [3.8, 4) is 5.75 Å². The summed E-state index contributed by atoms with van der Waals surface area (Å²) in [6.45, 7) is 5.72. The number of hydrogen-bond acceptors (Lipinski definition) is 3. The van der Waals surface area contributed by atoms with Gasteiger partial charge >= 0.3 is 0 Å². The third-order valence-corrected chi connectivity index (χ3v) is 3.71. The molecule has 0 radical (unpaired) electrons. The zero-order chi connectivity index (χ0) is 18.6. The average molecular weight is 340 g/mol. The summed E-state index contributed by atoms with van der Waals surface area (Å²) in [6.07, 6.45) is 0. The Morgan fingerprint density at radius 3 is 2.24 bits per heavy atom. The van der Waals surface area contributed by atoms with Crippen LogP contribution in [0.3, 0.4) is 0 Å². The molecule has 2 rings (SSSR count). The first-order valence-corrected chi connectivity index (χ1v) is 8.09. The predicted molar refractivity (Wildman–Crippen MR) is 99.2 cm³/mol. The van der Waals surface area contributed by atoms with Crippen LogP contribution >= 0.6 is 0 Å². The van der Waals surface area contributed by atoms with Crippen molar-refractivity contribution in [2.75, 3.05) is 26.0 Å². The molecule has 0 spiro atoms. The second-order valence-corrected chi connectivity index (χ2v) is 6.39. The molecule has 0 heterocycles. The molecule has 0 aliphatic carbocycles. The molecule has 2 amide bonds. The minimum atomic E-state index is -0.242. The molecule has 132 valence electrons. The molecule has 2 aromatic carbocycles. The smallest absolute Gasteiger partial charge is 0.262 e. The van der Waals surface area contributed by atoms with Gasteiger partial charge in [-0.2, -0.15) is 0 Å². The van der Waals surface area contributed by atoms with E-state index < -0.39 is 0 Å². The average Bonchev–Trinajstić information content (AvgIpc) is 2.52. The summed E-state index contributed by atoms with van der Waals surface area (Å²) in [4.78, 5) is 25.7. The number of ether oxygens (including phenoxy) is 1. The molecule has 0 saturated carbocycles. The van der Waals surface area contributed by atoms with Gasteiger partial charge in [0.2, 0.25) is 0 Å². The van der Waals surface area contributed by atoms with Gasteiger partial charge in [-0.05, 0) is 61.7 Å². The van der Waals surface area contributed by atoms with Gasteiger partial charge in [-0.15, -0.1) is 0 Å². The molecule has 0 aromatic heterocycles. The first kappa shape index (κ1) is 18.5. The molecular weight excluding hydrogens is 316 g/mol. The Balaban J connectivity index is 2.04. The SMILES string of the molecule is Cc1cc(C)cc(NC(=O)COc2cc(C(=O)N(C)C)ccc2C)c1. The van der Waals surface area contributed by atoms with Crippen LogP contribution in [0.25, 0.3) is 0 Å². The second-order valence-electron chi connectivity index (χ2n) is 6.39. The highest BCUT2D eigenvalue weighted by molar-refractivity contribution is 5.94. The van der Waals surface area contributed by atoms with Gasteiger partial charge in [0.15, 0.2) is 6.61 Å². The molecular formula is C20H24N2O3. The van der Waals surface area contributed by atoms with Gasteiger partial charge in [0.1, 0.15) is 5.75 Å². The number of carbonyl (C=O) groups excluding carboxylic acids is 2. The Bertz CT molecular complexity index is 777. The summed E-state index contributed by atoms with van der Waals surface area (Å²) >= 11 is 0. The highest BCUT2D eigenvalue weighted by atomic mass is 16.5. The minimum Gasteiger partial charge on any atom is -0.483 e. The van der Waals surface area contributed by atoms with Gasteiger partial charge in [-0.3, -0.25) is 9.59 Å². The molecule has 5 heteroatoms. The zero-order valence-electron chi connectivity index (χ0n) is 15.3. The molecule has 0 bridgehead atoms. The molecule has 5 nitrogen and oxygen atoms in total. The fourth-order valence-electron chi connectivity index (χ4n) is 2.53. The maximum absolute atomic E-state index is 12.1. The lowest BCUT2D eigenvalue weighted by Crippen LogP contribution is -2.22. The van der Waals surface area contributed by atoms with E-state index in [9.17, 15) is 9.59 Å². The summed E-state index contributed by atoms with van der Waals surface area (Å²) in [6, 6.07) is 11.1. The summed E-state index contributed by atoms with van der Waals surface area (Å²) in [5.74, 6) is 0.182. The summed E-state index contributed by atoms with van der Waals surface area (Å²) in [5, 5.41) is 2.83. The molecule has 0 aliphatic heterocycles. The Labute approximate surface area is 148 Å². The largest absolute Gasteiger partial charge is 0.483 e. The summed E-state index contributed by atoms with van der Waals surface area (Å²) < 4.78 is 5.62. The highest BCUT2D eigenvalue weighted by Crippen LogP contribution is 2.20. The Hall–Kier alpha value is -2.82. The van der Waals surface area contributed by atoms with E-state index >= 15 is 0 Å². The van der Waals surface area contributed by atoms with E-state index in [2.05, 4.69) is 5.32 Å². The molecule has 1 N–H and O–H groups in total. The third kappa shape index (κ3) is 5.08. The van der Waals surface area contributed by atoms with Crippen molar-refractivity contribution >= 4 is 17.5 Å². The zero-order valence-corrected chi connectivity index (χ0v) is 15.3. The maximum atomic E-state index is 12.1. The lowest BCUT2D eigenvalue weighted by Gasteiger charge is -2.14. The molecule has 25 heavy (non-hydrogen) atoms. The number of aryl methyl sites for hydroxylation is 3. The third-order valence-electron chi connectivity index (χ3n) is 3.71. The number of amides is 2. The number of hydrogen-bond donors (Lipinski definition) is 1. The van der Waals surface area contributed by atoms with Gasteiger partial charge < -0.3 is 15.0 Å². The quantitative estimate of drug-likeness (QED) is 0.908. The van der Waals surface area contributed by atoms with Gasteiger partial charge in [-0.25, -0.2) is 0 Å². The summed E-state index contributed by atoms with van der Waals surface area (Å²) in [7, 11) is 3.39. The van der Waals surface area contributed by atoms with E-state index in [0.717, 1.165) is 22.4 Å². The van der Waals surface area contributed by atoms with Gasteiger partial charge in [0.05, 0.1) is 0 Å². The van der Waals surface area contributed by atoms with E-state index in [0.29, 0.717) is 11.3 Å². The van der Waals surface area contributed by atoms with Crippen molar-refractivity contribution in [2.24, 2.45) is 0 Å². The first-order valence-electron chi connectivity index (χ1n) is 8.09. The van der Waals surface area contributed by atoms with Gasteiger partial charge in [0, 0.05) is 25.3 Å². The van der Waals surface area contributed by atoms with Gasteiger partial charge in [0.25, 0.3) is 11.8 Å². The van der Waals surface area contributed by atoms with Crippen molar-refractivity contribution in [1.29, 1.82) is 0 Å². The van der Waals surface area contributed by atoms with E-state index in [1.54, 1.807) is 26.2 Å². The number of nitrogens with zero attached hydrogens (tertiary/aromatic N) is 1. The van der Waals surface area contributed by atoms with Crippen molar-refractivity contribution in [3.05, 3.63) is 58.7 Å². The Morgan fingerprint density at radius 2 is 1.64 bits per heavy atom. The van der Waals surface area contributed by atoms with E-state index in [1.807, 2.05) is 45.0 Å². The van der Waals surface area contributed by atoms with E-state index in [1.165, 1.54) is 4.90 Å². The number of carbonyl (C=O) groups is 2. The first-order chi connectivity index (χ1) is 11.8. The fraction of sp³-hybridized carbons (Fsp3) is 0.300. The van der Waals surface area contributed by atoms with Crippen molar-refractivity contribution in [1.82, 2.24) is 4.90 Å². The Morgan fingerprint density at radius 1 is 1.00 bits per heavy atom. The lowest BCUT2D eigenvalue weighted by molar-refractivity contribution is -0.118. The number of nitrogens with one attached hydrogen (secondary N) is 1. The van der Waals surface area contributed by atoms with E-state index in [4.69, 9.17) is 4.74 Å². The summed E-state index contributed by atoms with van der Waals surface area (Å²) in [5.41, 5.74) is 4.32. The highest BCUT2D eigenvalue weighted by Gasteiger charge is 2.12. The second kappa shape index (κ2) is 7.83. The van der Waals surface area contributed by atoms with Crippen LogP contribution in [0.1, 0.15) is 27.0 Å². The number of rotatable bonds is 5. The number of anilines is 1. The van der Waals surface area contributed by atoms with Crippen molar-refractivity contribution in [2.45, 2.75) is 20.8 Å². The molecule has 2 aromatic rings. The normalized spacial score (nSPS) is 10.3. The molecule has 0 saturated heterocycles. The molecule has 0 unspecified atom stereocenters. The molecule has 0 atom stereocenters. The Kier molecular flexibility index (Phi) is 5.80. The van der Waals surface area contributed by atoms with Crippen LogP contribution in [-0.2, 0) is 4.79 Å². The molecule has 0 aliphatic rings. The topological polar surface area (TPSA) is 58.6 Å². The maximum Gasteiger partial charge on any atom is 0.262 e. The van der Waals surface area contributed by atoms with Crippen LogP contribution in [0.2, 0.25) is 0 Å². The molecule has 0 fully saturated rings. The standard InChI is InChI=1S/C20H24N2O3/c1-13-8-14(2)10-17(9-13)21-19(23)12-25-18-11-16(7-6-15(18)3)20(24)22(4)5/h6-11H,12H2,1-5H3,(H,21,23). The van der Waals surface area contributed by atoms with Crippen molar-refractivity contribution < 1.29 is 14.3 Å². The van der Waals surface area contributed by atoms with Crippen LogP contribution < -0.4 is 10.1 Å². The predicted octanol–water partition coefficient (Wildman–Crippen LogP) is 3.33. The van der Waals surface area contributed by atoms with Crippen LogP contribution in [0.5, 0.6) is 5.75 Å². The van der Waals surface area contributed by atoms with Crippen LogP contribution in [0.15, 0.2) is 36.4 Å². The van der Waals surface area contributed by atoms with Crippen molar-refractivity contribution in [3.63, 3.8) is 0 Å². The van der Waals surface area contributed by atoms with Crippen LogP contribution in [0.4, 0.5) is 5.69 Å². The monoisotopic (exact) mass is 340 g/mol. The fourth-order valence-corrected chi connectivity index (χ4v) is 2.53.